The van der Waals surface area contributed by atoms with Gasteiger partial charge in [0.2, 0.25) is 0 Å². The second-order valence-corrected chi connectivity index (χ2v) is 9.19. The van der Waals surface area contributed by atoms with Crippen LogP contribution in [0.3, 0.4) is 0 Å². The van der Waals surface area contributed by atoms with Gasteiger partial charge >= 0.3 is 6.18 Å². The molecule has 0 radical (unpaired) electrons. The van der Waals surface area contributed by atoms with Gasteiger partial charge in [0.05, 0.1) is 41.0 Å². The number of fused-ring (bicyclic) bond motifs is 1. The van der Waals surface area contributed by atoms with E-state index in [1.807, 2.05) is 18.2 Å². The summed E-state index contributed by atoms with van der Waals surface area (Å²) < 4.78 is 59.5. The second kappa shape index (κ2) is 10.5. The predicted octanol–water partition coefficient (Wildman–Crippen LogP) is 6.12. The van der Waals surface area contributed by atoms with Crippen molar-refractivity contribution in [2.75, 3.05) is 36.5 Å². The molecule has 38 heavy (non-hydrogen) atoms. The molecular formula is C27H21ClF4N4O2. The second-order valence-electron chi connectivity index (χ2n) is 8.78. The molecule has 5 rings (SSSR count). The molecule has 0 bridgehead atoms. The van der Waals surface area contributed by atoms with Crippen LogP contribution in [0.4, 0.5) is 29.1 Å². The van der Waals surface area contributed by atoms with Gasteiger partial charge in [-0.25, -0.2) is 9.37 Å². The first-order valence-electron chi connectivity index (χ1n) is 11.7. The summed E-state index contributed by atoms with van der Waals surface area (Å²) in [7, 11) is 0. The number of benzene rings is 3. The van der Waals surface area contributed by atoms with Gasteiger partial charge in [0, 0.05) is 30.8 Å². The Hall–Kier alpha value is -3.76. The molecular weight excluding hydrogens is 524 g/mol. The molecule has 3 aromatic carbocycles. The maximum Gasteiger partial charge on any atom is 0.417 e. The third-order valence-electron chi connectivity index (χ3n) is 6.16. The van der Waals surface area contributed by atoms with Crippen molar-refractivity contribution in [1.29, 1.82) is 0 Å². The van der Waals surface area contributed by atoms with Crippen LogP contribution in [0.1, 0.15) is 27.0 Å². The number of anilines is 2. The number of nitrogens with zero attached hydrogens (tertiary/aromatic N) is 3. The van der Waals surface area contributed by atoms with E-state index in [0.29, 0.717) is 35.9 Å². The van der Waals surface area contributed by atoms with Gasteiger partial charge in [0.25, 0.3) is 5.91 Å². The van der Waals surface area contributed by atoms with Crippen molar-refractivity contribution >= 4 is 40.0 Å². The minimum absolute atomic E-state index is 0.202. The molecule has 0 saturated carbocycles. The van der Waals surface area contributed by atoms with Gasteiger partial charge in [-0.15, -0.1) is 0 Å². The van der Waals surface area contributed by atoms with Crippen molar-refractivity contribution in [3.8, 4) is 0 Å². The minimum Gasteiger partial charge on any atom is -0.378 e. The number of aromatic nitrogens is 2. The number of alkyl halides is 3. The summed E-state index contributed by atoms with van der Waals surface area (Å²) in [4.78, 5) is 23.9. The fourth-order valence-electron chi connectivity index (χ4n) is 4.20. The van der Waals surface area contributed by atoms with Gasteiger partial charge in [0.1, 0.15) is 11.6 Å². The minimum atomic E-state index is -4.70. The van der Waals surface area contributed by atoms with Crippen LogP contribution < -0.4 is 10.2 Å². The van der Waals surface area contributed by atoms with Gasteiger partial charge < -0.3 is 15.0 Å². The van der Waals surface area contributed by atoms with Gasteiger partial charge in [-0.3, -0.25) is 9.78 Å². The maximum absolute atomic E-state index is 14.7. The fraction of sp³-hybridized carbons (Fsp3) is 0.222. The van der Waals surface area contributed by atoms with E-state index in [1.165, 1.54) is 24.3 Å². The predicted molar refractivity (Wildman–Crippen MR) is 136 cm³/mol. The number of nitrogens with one attached hydrogen (secondary N) is 1. The Morgan fingerprint density at radius 2 is 1.82 bits per heavy atom. The molecule has 1 aliphatic rings. The Morgan fingerprint density at radius 1 is 1.03 bits per heavy atom. The SMILES string of the molecule is O=C(Nc1ccc(F)c(Cc2ccc3ncc(N4CCOCC4)nc3c2)c1)c1ccc(Cl)c(C(F)(F)F)c1. The molecule has 4 aromatic rings. The highest BCUT2D eigenvalue weighted by molar-refractivity contribution is 6.31. The number of hydrogen-bond acceptors (Lipinski definition) is 5. The molecule has 0 unspecified atom stereocenters. The van der Waals surface area contributed by atoms with Crippen molar-refractivity contribution in [1.82, 2.24) is 9.97 Å². The summed E-state index contributed by atoms with van der Waals surface area (Å²) in [5.41, 5.74) is 1.35. The van der Waals surface area contributed by atoms with Crippen LogP contribution in [0.15, 0.2) is 60.8 Å². The van der Waals surface area contributed by atoms with Crippen molar-refractivity contribution in [3.63, 3.8) is 0 Å². The fourth-order valence-corrected chi connectivity index (χ4v) is 4.42. The third kappa shape index (κ3) is 5.71. The molecule has 2 heterocycles. The van der Waals surface area contributed by atoms with Crippen LogP contribution in [0.25, 0.3) is 11.0 Å². The molecule has 0 spiro atoms. The molecule has 1 N–H and O–H groups in total. The third-order valence-corrected chi connectivity index (χ3v) is 6.49. The molecule has 1 aliphatic heterocycles. The monoisotopic (exact) mass is 544 g/mol. The summed E-state index contributed by atoms with van der Waals surface area (Å²) in [5, 5.41) is 2.02. The van der Waals surface area contributed by atoms with Gasteiger partial charge in [-0.1, -0.05) is 17.7 Å². The number of carbonyl (C=O) groups is 1. The van der Waals surface area contributed by atoms with E-state index in [9.17, 15) is 22.4 Å². The van der Waals surface area contributed by atoms with Crippen molar-refractivity contribution in [2.24, 2.45) is 0 Å². The Balaban J connectivity index is 1.35. The van der Waals surface area contributed by atoms with Crippen molar-refractivity contribution in [3.05, 3.63) is 93.9 Å². The average molecular weight is 545 g/mol. The van der Waals surface area contributed by atoms with Gasteiger partial charge in [-0.2, -0.15) is 13.2 Å². The molecule has 6 nitrogen and oxygen atoms in total. The topological polar surface area (TPSA) is 67.4 Å². The van der Waals surface area contributed by atoms with E-state index in [4.69, 9.17) is 21.3 Å². The summed E-state index contributed by atoms with van der Waals surface area (Å²) >= 11 is 5.64. The van der Waals surface area contributed by atoms with Crippen LogP contribution in [0.5, 0.6) is 0 Å². The Morgan fingerprint density at radius 3 is 2.58 bits per heavy atom. The normalized spacial score (nSPS) is 14.1. The van der Waals surface area contributed by atoms with E-state index in [0.717, 1.165) is 30.5 Å². The van der Waals surface area contributed by atoms with E-state index < -0.39 is 28.5 Å². The highest BCUT2D eigenvalue weighted by Crippen LogP contribution is 2.35. The summed E-state index contributed by atoms with van der Waals surface area (Å²) in [5.74, 6) is -0.520. The van der Waals surface area contributed by atoms with Crippen molar-refractivity contribution in [2.45, 2.75) is 12.6 Å². The van der Waals surface area contributed by atoms with Crippen LogP contribution in [0, 0.1) is 5.82 Å². The highest BCUT2D eigenvalue weighted by Gasteiger charge is 2.33. The van der Waals surface area contributed by atoms with Crippen LogP contribution in [-0.4, -0.2) is 42.2 Å². The summed E-state index contributed by atoms with van der Waals surface area (Å²) in [6, 6.07) is 12.4. The highest BCUT2D eigenvalue weighted by atomic mass is 35.5. The lowest BCUT2D eigenvalue weighted by atomic mass is 10.0. The van der Waals surface area contributed by atoms with E-state index in [1.54, 1.807) is 6.20 Å². The van der Waals surface area contributed by atoms with Crippen molar-refractivity contribution < 1.29 is 27.1 Å². The Labute approximate surface area is 220 Å². The van der Waals surface area contributed by atoms with E-state index in [2.05, 4.69) is 15.2 Å². The molecule has 1 aromatic heterocycles. The number of rotatable bonds is 5. The number of amides is 1. The zero-order valence-corrected chi connectivity index (χ0v) is 20.6. The average Bonchev–Trinajstić information content (AvgIpc) is 2.90. The lowest BCUT2D eigenvalue weighted by Gasteiger charge is -2.27. The lowest BCUT2D eigenvalue weighted by Crippen LogP contribution is -2.36. The summed E-state index contributed by atoms with van der Waals surface area (Å²) in [6.07, 6.45) is -2.78. The zero-order chi connectivity index (χ0) is 26.9. The quantitative estimate of drug-likeness (QED) is 0.307. The Kier molecular flexibility index (Phi) is 7.18. The smallest absolute Gasteiger partial charge is 0.378 e. The Bertz CT molecular complexity index is 1510. The molecule has 1 fully saturated rings. The first kappa shape index (κ1) is 25.9. The summed E-state index contributed by atoms with van der Waals surface area (Å²) in [6.45, 7) is 2.68. The van der Waals surface area contributed by atoms with Crippen LogP contribution >= 0.6 is 11.6 Å². The molecule has 0 aliphatic carbocycles. The number of ether oxygens (including phenoxy) is 1. The number of halogens is 5. The lowest BCUT2D eigenvalue weighted by molar-refractivity contribution is -0.137. The largest absolute Gasteiger partial charge is 0.417 e. The first-order chi connectivity index (χ1) is 18.2. The van der Waals surface area contributed by atoms with E-state index >= 15 is 0 Å². The van der Waals surface area contributed by atoms with Gasteiger partial charge in [-0.05, 0) is 59.7 Å². The number of hydrogen-bond donors (Lipinski definition) is 1. The number of carbonyl (C=O) groups excluding carboxylic acids is 1. The van der Waals surface area contributed by atoms with Crippen LogP contribution in [0.2, 0.25) is 5.02 Å². The first-order valence-corrected chi connectivity index (χ1v) is 12.1. The maximum atomic E-state index is 14.7. The molecule has 196 valence electrons. The number of morpholine rings is 1. The zero-order valence-electron chi connectivity index (χ0n) is 19.9. The standard InChI is InChI=1S/C27H21ClF4N4O2/c28-21-4-2-17(14-20(21)27(30,31)32)26(37)34-19-3-5-22(29)18(13-19)11-16-1-6-23-24(12-16)35-25(15-33-23)36-7-9-38-10-8-36/h1-6,12-15H,7-11H2,(H,34,37). The van der Waals surface area contributed by atoms with Gasteiger partial charge in [0.15, 0.2) is 0 Å². The molecule has 11 heteroatoms. The molecule has 1 saturated heterocycles. The molecule has 0 atom stereocenters. The molecule has 1 amide bonds. The van der Waals surface area contributed by atoms with E-state index in [-0.39, 0.29) is 17.7 Å². The van der Waals surface area contributed by atoms with Crippen LogP contribution in [-0.2, 0) is 17.3 Å².